The molecule has 0 atom stereocenters. The number of hydrogen-bond acceptors (Lipinski definition) is 2. The van der Waals surface area contributed by atoms with Gasteiger partial charge in [0.05, 0.1) is 0 Å². The van der Waals surface area contributed by atoms with Crippen molar-refractivity contribution in [3.8, 4) is 5.75 Å². The number of aryl methyl sites for hydroxylation is 1. The standard InChI is InChI=1S/C16H16BrNO2/c1-12-7-8-14(17)9-15(12)20-11-16(19)18-10-13-5-3-2-4-6-13/h2-9H,10-11H2,1H3,(H,18,19). The molecule has 0 aromatic heterocycles. The van der Waals surface area contributed by atoms with E-state index in [9.17, 15) is 4.79 Å². The zero-order chi connectivity index (χ0) is 14.4. The Balaban J connectivity index is 1.82. The second-order valence-corrected chi connectivity index (χ2v) is 5.38. The van der Waals surface area contributed by atoms with E-state index < -0.39 is 0 Å². The molecule has 3 nitrogen and oxygen atoms in total. The fraction of sp³-hybridized carbons (Fsp3) is 0.188. The largest absolute Gasteiger partial charge is 0.483 e. The van der Waals surface area contributed by atoms with Crippen molar-refractivity contribution in [3.05, 3.63) is 64.1 Å². The second-order valence-electron chi connectivity index (χ2n) is 4.46. The molecule has 2 aromatic rings. The summed E-state index contributed by atoms with van der Waals surface area (Å²) in [5.41, 5.74) is 2.07. The van der Waals surface area contributed by atoms with Crippen LogP contribution in [0.1, 0.15) is 11.1 Å². The molecule has 0 saturated heterocycles. The van der Waals surface area contributed by atoms with Crippen molar-refractivity contribution >= 4 is 21.8 Å². The zero-order valence-electron chi connectivity index (χ0n) is 11.2. The topological polar surface area (TPSA) is 38.3 Å². The van der Waals surface area contributed by atoms with E-state index in [2.05, 4.69) is 21.2 Å². The summed E-state index contributed by atoms with van der Waals surface area (Å²) in [5.74, 6) is 0.586. The van der Waals surface area contributed by atoms with E-state index in [-0.39, 0.29) is 12.5 Å². The van der Waals surface area contributed by atoms with Crippen LogP contribution in [0.5, 0.6) is 5.75 Å². The molecule has 0 fully saturated rings. The van der Waals surface area contributed by atoms with Crippen LogP contribution in [-0.2, 0) is 11.3 Å². The Bertz CT molecular complexity index is 584. The third kappa shape index (κ3) is 4.38. The van der Waals surface area contributed by atoms with Gasteiger partial charge in [0, 0.05) is 11.0 Å². The molecule has 0 aliphatic carbocycles. The average Bonchev–Trinajstić information content (AvgIpc) is 2.47. The number of benzene rings is 2. The lowest BCUT2D eigenvalue weighted by atomic mass is 10.2. The van der Waals surface area contributed by atoms with Crippen molar-refractivity contribution in [2.75, 3.05) is 6.61 Å². The van der Waals surface area contributed by atoms with Crippen LogP contribution in [0.3, 0.4) is 0 Å². The predicted molar refractivity (Wildman–Crippen MR) is 82.7 cm³/mol. The number of amides is 1. The minimum Gasteiger partial charge on any atom is -0.483 e. The van der Waals surface area contributed by atoms with Crippen LogP contribution >= 0.6 is 15.9 Å². The Labute approximate surface area is 127 Å². The van der Waals surface area contributed by atoms with Gasteiger partial charge >= 0.3 is 0 Å². The van der Waals surface area contributed by atoms with Gasteiger partial charge in [-0.1, -0.05) is 52.3 Å². The maximum atomic E-state index is 11.7. The third-order valence-corrected chi connectivity index (χ3v) is 3.33. The second kappa shape index (κ2) is 7.10. The summed E-state index contributed by atoms with van der Waals surface area (Å²) in [4.78, 5) is 11.7. The first-order chi connectivity index (χ1) is 9.65. The Morgan fingerprint density at radius 3 is 2.70 bits per heavy atom. The van der Waals surface area contributed by atoms with Crippen LogP contribution in [0, 0.1) is 6.92 Å². The van der Waals surface area contributed by atoms with Crippen LogP contribution in [0.15, 0.2) is 53.0 Å². The van der Waals surface area contributed by atoms with Gasteiger partial charge in [0.1, 0.15) is 5.75 Å². The van der Waals surface area contributed by atoms with E-state index in [1.807, 2.05) is 55.5 Å². The Hall–Kier alpha value is -1.81. The van der Waals surface area contributed by atoms with E-state index >= 15 is 0 Å². The van der Waals surface area contributed by atoms with Gasteiger partial charge in [-0.15, -0.1) is 0 Å². The number of ether oxygens (including phenoxy) is 1. The van der Waals surface area contributed by atoms with Crippen molar-refractivity contribution in [1.82, 2.24) is 5.32 Å². The summed E-state index contributed by atoms with van der Waals surface area (Å²) in [7, 11) is 0. The summed E-state index contributed by atoms with van der Waals surface area (Å²) in [6, 6.07) is 15.5. The number of halogens is 1. The smallest absolute Gasteiger partial charge is 0.258 e. The maximum absolute atomic E-state index is 11.7. The van der Waals surface area contributed by atoms with E-state index in [0.717, 1.165) is 15.6 Å². The number of rotatable bonds is 5. The van der Waals surface area contributed by atoms with Gasteiger partial charge in [-0.25, -0.2) is 0 Å². The molecule has 0 spiro atoms. The summed E-state index contributed by atoms with van der Waals surface area (Å²) in [6.07, 6.45) is 0. The molecule has 0 radical (unpaired) electrons. The first-order valence-corrected chi connectivity index (χ1v) is 7.14. The lowest BCUT2D eigenvalue weighted by Crippen LogP contribution is -2.28. The molecule has 1 N–H and O–H groups in total. The van der Waals surface area contributed by atoms with E-state index in [0.29, 0.717) is 12.3 Å². The first kappa shape index (κ1) is 14.6. The van der Waals surface area contributed by atoms with Crippen molar-refractivity contribution in [1.29, 1.82) is 0 Å². The molecule has 0 unspecified atom stereocenters. The fourth-order valence-electron chi connectivity index (χ4n) is 1.72. The highest BCUT2D eigenvalue weighted by molar-refractivity contribution is 9.10. The maximum Gasteiger partial charge on any atom is 0.258 e. The molecule has 0 aliphatic heterocycles. The minimum atomic E-state index is -0.131. The quantitative estimate of drug-likeness (QED) is 0.910. The number of carbonyl (C=O) groups excluding carboxylic acids is 1. The van der Waals surface area contributed by atoms with Gasteiger partial charge in [0.2, 0.25) is 0 Å². The van der Waals surface area contributed by atoms with Gasteiger partial charge in [-0.3, -0.25) is 4.79 Å². The molecule has 0 aliphatic rings. The van der Waals surface area contributed by atoms with Gasteiger partial charge in [-0.2, -0.15) is 0 Å². The highest BCUT2D eigenvalue weighted by atomic mass is 79.9. The molecule has 0 bridgehead atoms. The fourth-order valence-corrected chi connectivity index (χ4v) is 2.06. The highest BCUT2D eigenvalue weighted by Crippen LogP contribution is 2.22. The summed E-state index contributed by atoms with van der Waals surface area (Å²) in [6.45, 7) is 2.48. The number of carbonyl (C=O) groups is 1. The Kier molecular flexibility index (Phi) is 5.18. The normalized spacial score (nSPS) is 10.1. The van der Waals surface area contributed by atoms with Crippen molar-refractivity contribution in [3.63, 3.8) is 0 Å². The third-order valence-electron chi connectivity index (χ3n) is 2.84. The molecule has 2 aromatic carbocycles. The summed E-state index contributed by atoms with van der Waals surface area (Å²) in [5, 5.41) is 2.83. The van der Waals surface area contributed by atoms with Crippen LogP contribution in [0.2, 0.25) is 0 Å². The van der Waals surface area contributed by atoms with Crippen molar-refractivity contribution in [2.24, 2.45) is 0 Å². The molecule has 104 valence electrons. The Morgan fingerprint density at radius 1 is 1.20 bits per heavy atom. The lowest BCUT2D eigenvalue weighted by molar-refractivity contribution is -0.123. The number of nitrogens with one attached hydrogen (secondary N) is 1. The number of hydrogen-bond donors (Lipinski definition) is 1. The molecular formula is C16H16BrNO2. The van der Waals surface area contributed by atoms with E-state index in [4.69, 9.17) is 4.74 Å². The molecular weight excluding hydrogens is 318 g/mol. The monoisotopic (exact) mass is 333 g/mol. The molecule has 1 amide bonds. The molecule has 4 heteroatoms. The first-order valence-electron chi connectivity index (χ1n) is 6.35. The van der Waals surface area contributed by atoms with Crippen LogP contribution < -0.4 is 10.1 Å². The zero-order valence-corrected chi connectivity index (χ0v) is 12.8. The predicted octanol–water partition coefficient (Wildman–Crippen LogP) is 3.45. The van der Waals surface area contributed by atoms with Crippen LogP contribution in [0.25, 0.3) is 0 Å². The molecule has 20 heavy (non-hydrogen) atoms. The van der Waals surface area contributed by atoms with Gasteiger partial charge in [0.15, 0.2) is 6.61 Å². The van der Waals surface area contributed by atoms with Crippen LogP contribution in [-0.4, -0.2) is 12.5 Å². The average molecular weight is 334 g/mol. The van der Waals surface area contributed by atoms with E-state index in [1.165, 1.54) is 0 Å². The van der Waals surface area contributed by atoms with Crippen molar-refractivity contribution < 1.29 is 9.53 Å². The molecule has 0 saturated carbocycles. The van der Waals surface area contributed by atoms with Gasteiger partial charge in [-0.05, 0) is 30.2 Å². The van der Waals surface area contributed by atoms with Gasteiger partial charge in [0.25, 0.3) is 5.91 Å². The SMILES string of the molecule is Cc1ccc(Br)cc1OCC(=O)NCc1ccccc1. The highest BCUT2D eigenvalue weighted by Gasteiger charge is 2.05. The molecule has 0 heterocycles. The molecule has 2 rings (SSSR count). The van der Waals surface area contributed by atoms with E-state index in [1.54, 1.807) is 0 Å². The van der Waals surface area contributed by atoms with Gasteiger partial charge < -0.3 is 10.1 Å². The summed E-state index contributed by atoms with van der Waals surface area (Å²) >= 11 is 3.38. The van der Waals surface area contributed by atoms with Crippen LogP contribution in [0.4, 0.5) is 0 Å². The minimum absolute atomic E-state index is 0.0180. The van der Waals surface area contributed by atoms with Crippen molar-refractivity contribution in [2.45, 2.75) is 13.5 Å². The summed E-state index contributed by atoms with van der Waals surface area (Å²) < 4.78 is 6.46. The Morgan fingerprint density at radius 2 is 1.95 bits per heavy atom. The lowest BCUT2D eigenvalue weighted by Gasteiger charge is -2.10.